The van der Waals surface area contributed by atoms with Gasteiger partial charge in [0.15, 0.2) is 0 Å². The highest BCUT2D eigenvalue weighted by atomic mass is 16.5. The molecule has 196 valence electrons. The number of ether oxygens (including phenoxy) is 1. The number of carbonyl (C=O) groups excluding carboxylic acids is 1. The molecule has 0 fully saturated rings. The second-order valence-electron chi connectivity index (χ2n) is 10.5. The van der Waals surface area contributed by atoms with Crippen LogP contribution in [-0.4, -0.2) is 33.0 Å². The quantitative estimate of drug-likeness (QED) is 0.367. The van der Waals surface area contributed by atoms with Gasteiger partial charge in [0.25, 0.3) is 0 Å². The van der Waals surface area contributed by atoms with Crippen LogP contribution in [0.15, 0.2) is 24.8 Å². The van der Waals surface area contributed by atoms with Gasteiger partial charge in [-0.15, -0.1) is 0 Å². The number of esters is 1. The first-order chi connectivity index (χ1) is 18.2. The molecular formula is C32H36N4O2. The fraction of sp³-hybridized carbons (Fsp3) is 0.344. The van der Waals surface area contributed by atoms with E-state index in [0.717, 1.165) is 85.5 Å². The summed E-state index contributed by atoms with van der Waals surface area (Å²) in [6, 6.07) is 6.46. The highest BCUT2D eigenvalue weighted by Gasteiger charge is 2.25. The van der Waals surface area contributed by atoms with Gasteiger partial charge in [0.1, 0.15) is 0 Å². The first kappa shape index (κ1) is 25.7. The fourth-order valence-corrected chi connectivity index (χ4v) is 5.71. The van der Waals surface area contributed by atoms with E-state index in [9.17, 15) is 4.79 Å². The maximum absolute atomic E-state index is 12.5. The van der Waals surface area contributed by atoms with E-state index in [0.29, 0.717) is 0 Å². The van der Waals surface area contributed by atoms with Crippen LogP contribution in [0.4, 0.5) is 0 Å². The van der Waals surface area contributed by atoms with Gasteiger partial charge in [0.2, 0.25) is 0 Å². The topological polar surface area (TPSA) is 83.7 Å². The Morgan fingerprint density at radius 2 is 1.71 bits per heavy atom. The van der Waals surface area contributed by atoms with Crippen LogP contribution in [0.25, 0.3) is 39.3 Å². The third-order valence-corrected chi connectivity index (χ3v) is 8.22. The Kier molecular flexibility index (Phi) is 6.59. The molecule has 6 heteroatoms. The number of nitrogens with one attached hydrogen (secondary N) is 2. The number of aromatic nitrogens is 4. The second kappa shape index (κ2) is 9.75. The molecule has 2 aliphatic rings. The molecule has 1 unspecified atom stereocenters. The summed E-state index contributed by atoms with van der Waals surface area (Å²) in [5.41, 5.74) is 15.5. The van der Waals surface area contributed by atoms with Crippen LogP contribution < -0.4 is 0 Å². The second-order valence-corrected chi connectivity index (χ2v) is 10.5. The van der Waals surface area contributed by atoms with E-state index >= 15 is 0 Å². The van der Waals surface area contributed by atoms with E-state index in [-0.39, 0.29) is 18.3 Å². The summed E-state index contributed by atoms with van der Waals surface area (Å²) in [4.78, 5) is 30.0. The van der Waals surface area contributed by atoms with E-state index in [1.165, 1.54) is 18.2 Å². The number of methoxy groups -OCH3 is 1. The van der Waals surface area contributed by atoms with E-state index in [1.54, 1.807) is 0 Å². The van der Waals surface area contributed by atoms with Crippen molar-refractivity contribution in [3.05, 3.63) is 75.4 Å². The van der Waals surface area contributed by atoms with Gasteiger partial charge in [0.05, 0.1) is 24.9 Å². The van der Waals surface area contributed by atoms with Crippen LogP contribution in [0, 0.1) is 13.8 Å². The van der Waals surface area contributed by atoms with Crippen molar-refractivity contribution in [2.75, 3.05) is 7.11 Å². The third kappa shape index (κ3) is 4.18. The molecule has 8 bridgehead atoms. The van der Waals surface area contributed by atoms with E-state index in [4.69, 9.17) is 14.7 Å². The average Bonchev–Trinajstić information content (AvgIpc) is 3.58. The van der Waals surface area contributed by atoms with Crippen molar-refractivity contribution in [2.45, 2.75) is 66.7 Å². The molecule has 3 aromatic rings. The minimum atomic E-state index is -0.290. The average molecular weight is 509 g/mol. The molecule has 5 rings (SSSR count). The molecule has 0 amide bonds. The number of fused-ring (bicyclic) bond motifs is 8. The van der Waals surface area contributed by atoms with Crippen molar-refractivity contribution >= 4 is 45.3 Å². The zero-order chi connectivity index (χ0) is 27.3. The Hall–Kier alpha value is -3.93. The standard InChI is InChI=1S/C32H36N4O2/c1-9-21-19(6)26-13-24-16(3)11-28(33-24)23(12-31(37)38-8)32-18(5)17(4)25(36-32)14-29-22(10-2)20(7)27(35-29)15-30(21)34-26/h9,13-16,34-35H,1,10-12H2,2-8H3. The van der Waals surface area contributed by atoms with Crippen molar-refractivity contribution in [2.24, 2.45) is 0 Å². The predicted octanol–water partition coefficient (Wildman–Crippen LogP) is 7.15. The van der Waals surface area contributed by atoms with Crippen LogP contribution in [0.3, 0.4) is 0 Å². The minimum Gasteiger partial charge on any atom is -0.469 e. The molecule has 0 saturated carbocycles. The maximum atomic E-state index is 12.5. The number of rotatable bonds is 4. The Bertz CT molecular complexity index is 1680. The molecule has 0 spiro atoms. The predicted molar refractivity (Wildman–Crippen MR) is 156 cm³/mol. The fourth-order valence-electron chi connectivity index (χ4n) is 5.71. The molecule has 38 heavy (non-hydrogen) atoms. The normalized spacial score (nSPS) is 15.2. The number of hydrogen-bond donors (Lipinski definition) is 2. The van der Waals surface area contributed by atoms with Crippen molar-refractivity contribution < 1.29 is 9.53 Å². The SMILES string of the molecule is C=Cc1c(C)c2cc3nc(c(CC(=O)OC)c4nc(cc5[nH]c(cc1[nH]2)c(C)c5CC)C(C)=C4C)CC3C. The van der Waals surface area contributed by atoms with Gasteiger partial charge in [-0.2, -0.15) is 0 Å². The van der Waals surface area contributed by atoms with Crippen LogP contribution in [0.5, 0.6) is 0 Å². The zero-order valence-corrected chi connectivity index (χ0v) is 23.4. The van der Waals surface area contributed by atoms with Crippen LogP contribution in [-0.2, 0) is 28.8 Å². The van der Waals surface area contributed by atoms with Gasteiger partial charge in [0, 0.05) is 50.5 Å². The van der Waals surface area contributed by atoms with Crippen molar-refractivity contribution in [3.8, 4) is 0 Å². The Labute approximate surface area is 223 Å². The van der Waals surface area contributed by atoms with Gasteiger partial charge in [-0.1, -0.05) is 26.5 Å². The number of hydrogen-bond acceptors (Lipinski definition) is 4. The molecule has 6 nitrogen and oxygen atoms in total. The van der Waals surface area contributed by atoms with Gasteiger partial charge < -0.3 is 14.7 Å². The van der Waals surface area contributed by atoms with Crippen LogP contribution >= 0.6 is 0 Å². The number of aryl methyl sites for hydroxylation is 3. The van der Waals surface area contributed by atoms with Crippen molar-refractivity contribution in [1.29, 1.82) is 0 Å². The first-order valence-corrected chi connectivity index (χ1v) is 13.3. The highest BCUT2D eigenvalue weighted by Crippen LogP contribution is 2.36. The van der Waals surface area contributed by atoms with Gasteiger partial charge >= 0.3 is 5.97 Å². The zero-order valence-electron chi connectivity index (χ0n) is 23.4. The van der Waals surface area contributed by atoms with E-state index < -0.39 is 0 Å². The molecule has 0 aromatic carbocycles. The smallest absolute Gasteiger partial charge is 0.310 e. The lowest BCUT2D eigenvalue weighted by atomic mass is 9.97. The Balaban J connectivity index is 2.00. The largest absolute Gasteiger partial charge is 0.469 e. The lowest BCUT2D eigenvalue weighted by Gasteiger charge is -2.07. The third-order valence-electron chi connectivity index (χ3n) is 8.22. The molecule has 2 N–H and O–H groups in total. The molecule has 2 aliphatic heterocycles. The Morgan fingerprint density at radius 3 is 2.39 bits per heavy atom. The number of aromatic amines is 2. The summed E-state index contributed by atoms with van der Waals surface area (Å²) >= 11 is 0. The maximum Gasteiger partial charge on any atom is 0.310 e. The number of allylic oxidation sites excluding steroid dienone is 2. The number of H-pyrrole nitrogens is 2. The molecule has 0 aliphatic carbocycles. The van der Waals surface area contributed by atoms with Crippen molar-refractivity contribution in [1.82, 2.24) is 19.9 Å². The minimum absolute atomic E-state index is 0.138. The first-order valence-electron chi connectivity index (χ1n) is 13.3. The van der Waals surface area contributed by atoms with Gasteiger partial charge in [-0.3, -0.25) is 9.78 Å². The molecule has 0 radical (unpaired) electrons. The molecule has 1 atom stereocenters. The summed E-state index contributed by atoms with van der Waals surface area (Å²) < 4.78 is 5.08. The van der Waals surface area contributed by atoms with E-state index in [1.807, 2.05) is 6.08 Å². The number of nitrogens with zero attached hydrogens (tertiary/aromatic N) is 2. The lowest BCUT2D eigenvalue weighted by molar-refractivity contribution is -0.139. The molecule has 5 heterocycles. The summed E-state index contributed by atoms with van der Waals surface area (Å²) in [7, 11) is 1.43. The monoisotopic (exact) mass is 508 g/mol. The highest BCUT2D eigenvalue weighted by molar-refractivity contribution is 5.93. The van der Waals surface area contributed by atoms with Gasteiger partial charge in [-0.25, -0.2) is 4.98 Å². The number of carbonyl (C=O) groups is 1. The van der Waals surface area contributed by atoms with E-state index in [2.05, 4.69) is 76.3 Å². The van der Waals surface area contributed by atoms with Crippen molar-refractivity contribution in [3.63, 3.8) is 0 Å². The summed E-state index contributed by atoms with van der Waals surface area (Å²) in [6.45, 7) is 16.9. The lowest BCUT2D eigenvalue weighted by Crippen LogP contribution is -2.09. The summed E-state index contributed by atoms with van der Waals surface area (Å²) in [5, 5.41) is 0. The molecule has 0 saturated heterocycles. The molecular weight excluding hydrogens is 472 g/mol. The van der Waals surface area contributed by atoms with Crippen LogP contribution in [0.1, 0.15) is 84.2 Å². The van der Waals surface area contributed by atoms with Crippen LogP contribution in [0.2, 0.25) is 0 Å². The Morgan fingerprint density at radius 1 is 1.00 bits per heavy atom. The summed E-state index contributed by atoms with van der Waals surface area (Å²) in [6.07, 6.45) is 3.70. The summed E-state index contributed by atoms with van der Waals surface area (Å²) in [5.74, 6) is -0.0837. The van der Waals surface area contributed by atoms with Gasteiger partial charge in [-0.05, 0) is 86.6 Å². The molecule has 3 aromatic heterocycles.